The Morgan fingerprint density at radius 3 is 2.35 bits per heavy atom. The zero-order valence-electron chi connectivity index (χ0n) is 14.9. The fourth-order valence-corrected chi connectivity index (χ4v) is 3.21. The largest absolute Gasteiger partial charge is 0.350 e. The maximum Gasteiger partial charge on any atom is 0.255 e. The topological polar surface area (TPSA) is 92.3 Å². The van der Waals surface area contributed by atoms with Gasteiger partial charge < -0.3 is 10.6 Å². The Morgan fingerprint density at radius 1 is 1.00 bits per heavy atom. The lowest BCUT2D eigenvalue weighted by Gasteiger charge is -2.13. The molecule has 0 heterocycles. The molecule has 0 saturated carbocycles. The zero-order valence-corrected chi connectivity index (χ0v) is 15.8. The summed E-state index contributed by atoms with van der Waals surface area (Å²) in [5.74, 6) is -0.825. The summed E-state index contributed by atoms with van der Waals surface area (Å²) in [7, 11) is -3.19. The number of benzene rings is 2. The lowest BCUT2D eigenvalue weighted by atomic mass is 10.1. The van der Waals surface area contributed by atoms with Crippen LogP contribution in [-0.2, 0) is 15.6 Å². The second kappa shape index (κ2) is 8.14. The molecule has 138 valence electrons. The van der Waals surface area contributed by atoms with Crippen LogP contribution in [0.5, 0.6) is 0 Å². The van der Waals surface area contributed by atoms with Gasteiger partial charge in [0.05, 0.1) is 17.0 Å². The summed E-state index contributed by atoms with van der Waals surface area (Å²) in [6.45, 7) is 3.71. The highest BCUT2D eigenvalue weighted by Crippen LogP contribution is 2.17. The van der Waals surface area contributed by atoms with Crippen LogP contribution in [0.25, 0.3) is 0 Å². The Balaban J connectivity index is 2.23. The first-order valence-electron chi connectivity index (χ1n) is 8.13. The van der Waals surface area contributed by atoms with Crippen LogP contribution in [0.3, 0.4) is 0 Å². The normalized spacial score (nSPS) is 11.2. The molecular weight excluding hydrogens is 352 g/mol. The molecule has 0 saturated heterocycles. The molecule has 0 spiro atoms. The lowest BCUT2D eigenvalue weighted by molar-refractivity contribution is 0.0944. The molecule has 0 aliphatic carbocycles. The third-order valence-corrected chi connectivity index (χ3v) is 4.32. The minimum atomic E-state index is -3.19. The first-order valence-corrected chi connectivity index (χ1v) is 10.2. The Morgan fingerprint density at radius 2 is 1.69 bits per heavy atom. The van der Waals surface area contributed by atoms with E-state index in [1.807, 2.05) is 13.8 Å². The Bertz CT molecular complexity index is 921. The Kier molecular flexibility index (Phi) is 6.15. The molecule has 26 heavy (non-hydrogen) atoms. The summed E-state index contributed by atoms with van der Waals surface area (Å²) in [5, 5.41) is 5.51. The van der Waals surface area contributed by atoms with Crippen LogP contribution >= 0.6 is 0 Å². The molecule has 0 aliphatic heterocycles. The average Bonchev–Trinajstić information content (AvgIpc) is 2.53. The van der Waals surface area contributed by atoms with Crippen molar-refractivity contribution in [3.05, 3.63) is 65.2 Å². The van der Waals surface area contributed by atoms with Crippen molar-refractivity contribution in [1.82, 2.24) is 5.32 Å². The lowest BCUT2D eigenvalue weighted by Crippen LogP contribution is -2.31. The first kappa shape index (κ1) is 19.7. The minimum absolute atomic E-state index is 0.0288. The van der Waals surface area contributed by atoms with Gasteiger partial charge in [-0.2, -0.15) is 0 Å². The molecule has 2 amide bonds. The molecule has 0 radical (unpaired) electrons. The molecule has 0 aromatic heterocycles. The number of nitrogens with one attached hydrogen (secondary N) is 2. The maximum absolute atomic E-state index is 12.5. The van der Waals surface area contributed by atoms with E-state index in [4.69, 9.17) is 0 Å². The third-order valence-electron chi connectivity index (χ3n) is 3.46. The van der Waals surface area contributed by atoms with E-state index in [1.54, 1.807) is 42.5 Å². The summed E-state index contributed by atoms with van der Waals surface area (Å²) in [4.78, 5) is 24.8. The molecule has 2 aromatic rings. The molecule has 7 heteroatoms. The molecule has 0 fully saturated rings. The van der Waals surface area contributed by atoms with Crippen molar-refractivity contribution < 1.29 is 18.0 Å². The van der Waals surface area contributed by atoms with E-state index in [0.717, 1.165) is 6.26 Å². The van der Waals surface area contributed by atoms with Gasteiger partial charge in [0.15, 0.2) is 9.84 Å². The first-order chi connectivity index (χ1) is 12.2. The van der Waals surface area contributed by atoms with Gasteiger partial charge in [-0.3, -0.25) is 9.59 Å². The summed E-state index contributed by atoms with van der Waals surface area (Å²) in [6, 6.07) is 13.1. The number of rotatable bonds is 6. The van der Waals surface area contributed by atoms with E-state index < -0.39 is 15.7 Å². The van der Waals surface area contributed by atoms with Crippen LogP contribution in [0.4, 0.5) is 5.69 Å². The van der Waals surface area contributed by atoms with Crippen LogP contribution in [0.1, 0.15) is 40.1 Å². The van der Waals surface area contributed by atoms with Gasteiger partial charge in [0.2, 0.25) is 0 Å². The van der Waals surface area contributed by atoms with Crippen molar-refractivity contribution in [3.8, 4) is 0 Å². The van der Waals surface area contributed by atoms with E-state index in [0.29, 0.717) is 22.4 Å². The van der Waals surface area contributed by atoms with E-state index in [-0.39, 0.29) is 17.7 Å². The zero-order chi connectivity index (χ0) is 19.3. The maximum atomic E-state index is 12.5. The van der Waals surface area contributed by atoms with Gasteiger partial charge in [0.25, 0.3) is 11.8 Å². The van der Waals surface area contributed by atoms with Crippen LogP contribution in [0.15, 0.2) is 48.5 Å². The van der Waals surface area contributed by atoms with Gasteiger partial charge in [-0.1, -0.05) is 24.3 Å². The standard InChI is InChI=1S/C19H22N2O4S/c1-13(2)20-19(23)16-9-4-5-10-17(16)21-18(22)15-8-6-7-14(11-15)12-26(3,24)25/h4-11,13H,12H2,1-3H3,(H,20,23)(H,21,22). The summed E-state index contributed by atoms with van der Waals surface area (Å²) in [6.07, 6.45) is 1.14. The number of sulfone groups is 1. The van der Waals surface area contributed by atoms with Crippen LogP contribution in [-0.4, -0.2) is 32.5 Å². The molecule has 0 unspecified atom stereocenters. The van der Waals surface area contributed by atoms with Crippen molar-refractivity contribution in [2.45, 2.75) is 25.6 Å². The molecule has 6 nitrogen and oxygen atoms in total. The minimum Gasteiger partial charge on any atom is -0.350 e. The fraction of sp³-hybridized carbons (Fsp3) is 0.263. The van der Waals surface area contributed by atoms with E-state index in [9.17, 15) is 18.0 Å². The smallest absolute Gasteiger partial charge is 0.255 e. The Hall–Kier alpha value is -2.67. The van der Waals surface area contributed by atoms with E-state index >= 15 is 0 Å². The number of anilines is 1. The molecular formula is C19H22N2O4S. The predicted molar refractivity (Wildman–Crippen MR) is 102 cm³/mol. The SMILES string of the molecule is CC(C)NC(=O)c1ccccc1NC(=O)c1cccc(CS(C)(=O)=O)c1. The van der Waals surface area contributed by atoms with Crippen LogP contribution in [0.2, 0.25) is 0 Å². The fourth-order valence-electron chi connectivity index (χ4n) is 2.43. The monoisotopic (exact) mass is 374 g/mol. The molecule has 0 aliphatic rings. The number of carbonyl (C=O) groups excluding carboxylic acids is 2. The number of carbonyl (C=O) groups is 2. The molecule has 0 atom stereocenters. The van der Waals surface area contributed by atoms with Crippen molar-refractivity contribution in [1.29, 1.82) is 0 Å². The Labute approximate surface area is 153 Å². The van der Waals surface area contributed by atoms with Gasteiger partial charge in [0, 0.05) is 17.9 Å². The molecule has 2 aromatic carbocycles. The average molecular weight is 374 g/mol. The highest BCUT2D eigenvalue weighted by molar-refractivity contribution is 7.89. The van der Waals surface area contributed by atoms with Gasteiger partial charge >= 0.3 is 0 Å². The number of para-hydroxylation sites is 1. The summed E-state index contributed by atoms with van der Waals surface area (Å²) < 4.78 is 22.9. The predicted octanol–water partition coefficient (Wildman–Crippen LogP) is 2.62. The van der Waals surface area contributed by atoms with E-state index in [1.165, 1.54) is 6.07 Å². The van der Waals surface area contributed by atoms with Gasteiger partial charge in [-0.25, -0.2) is 8.42 Å². The van der Waals surface area contributed by atoms with Crippen LogP contribution in [0, 0.1) is 0 Å². The number of hydrogen-bond donors (Lipinski definition) is 2. The van der Waals surface area contributed by atoms with Gasteiger partial charge in [-0.15, -0.1) is 0 Å². The van der Waals surface area contributed by atoms with Gasteiger partial charge in [0.1, 0.15) is 0 Å². The number of hydrogen-bond acceptors (Lipinski definition) is 4. The molecule has 2 rings (SSSR count). The second-order valence-corrected chi connectivity index (χ2v) is 8.54. The summed E-state index contributed by atoms with van der Waals surface area (Å²) >= 11 is 0. The van der Waals surface area contributed by atoms with E-state index in [2.05, 4.69) is 10.6 Å². The molecule has 2 N–H and O–H groups in total. The quantitative estimate of drug-likeness (QED) is 0.813. The van der Waals surface area contributed by atoms with Crippen molar-refractivity contribution >= 4 is 27.3 Å². The highest BCUT2D eigenvalue weighted by Gasteiger charge is 2.15. The van der Waals surface area contributed by atoms with Gasteiger partial charge in [-0.05, 0) is 43.7 Å². The van der Waals surface area contributed by atoms with Crippen molar-refractivity contribution in [3.63, 3.8) is 0 Å². The van der Waals surface area contributed by atoms with Crippen molar-refractivity contribution in [2.24, 2.45) is 0 Å². The number of amides is 2. The summed E-state index contributed by atoms with van der Waals surface area (Å²) in [5.41, 5.74) is 1.61. The van der Waals surface area contributed by atoms with Crippen molar-refractivity contribution in [2.75, 3.05) is 11.6 Å². The van der Waals surface area contributed by atoms with Crippen LogP contribution < -0.4 is 10.6 Å². The third kappa shape index (κ3) is 5.70. The highest BCUT2D eigenvalue weighted by atomic mass is 32.2. The molecule has 0 bridgehead atoms. The second-order valence-electron chi connectivity index (χ2n) is 6.40.